The van der Waals surface area contributed by atoms with Gasteiger partial charge in [0.15, 0.2) is 0 Å². The maximum atomic E-state index is 12.4. The van der Waals surface area contributed by atoms with Crippen LogP contribution in [0.15, 0.2) is 53.4 Å². The van der Waals surface area contributed by atoms with Crippen molar-refractivity contribution in [1.29, 1.82) is 0 Å². The number of rotatable bonds is 5. The van der Waals surface area contributed by atoms with E-state index in [1.165, 1.54) is 50.4 Å². The highest BCUT2D eigenvalue weighted by Gasteiger charge is 2.14. The number of carbonyl (C=O) groups excluding carboxylic acids is 2. The van der Waals surface area contributed by atoms with E-state index < -0.39 is 16.1 Å². The first-order valence-electron chi connectivity index (χ1n) is 7.15. The highest BCUT2D eigenvalue weighted by molar-refractivity contribution is 7.92. The summed E-state index contributed by atoms with van der Waals surface area (Å²) in [7, 11) is -2.55. The molecule has 2 rings (SSSR count). The maximum absolute atomic E-state index is 12.4. The molecular weight excluding hydrogens is 346 g/mol. The fraction of sp³-hybridized carbons (Fsp3) is 0.125. The fourth-order valence-corrected chi connectivity index (χ4v) is 2.98. The summed E-state index contributed by atoms with van der Waals surface area (Å²) < 4.78 is 31.6. The topological polar surface area (TPSA) is 114 Å². The minimum Gasteiger partial charge on any atom is -0.453 e. The van der Waals surface area contributed by atoms with Crippen molar-refractivity contribution in [1.82, 2.24) is 0 Å². The van der Waals surface area contributed by atoms with Gasteiger partial charge in [0.2, 0.25) is 5.91 Å². The lowest BCUT2D eigenvalue weighted by atomic mass is 10.3. The van der Waals surface area contributed by atoms with E-state index in [0.717, 1.165) is 0 Å². The Kier molecular flexibility index (Phi) is 5.60. The number of amides is 2. The third kappa shape index (κ3) is 5.21. The molecule has 0 saturated carbocycles. The van der Waals surface area contributed by atoms with Gasteiger partial charge in [-0.2, -0.15) is 0 Å². The van der Waals surface area contributed by atoms with Gasteiger partial charge in [-0.3, -0.25) is 14.8 Å². The Morgan fingerprint density at radius 1 is 0.840 bits per heavy atom. The smallest absolute Gasteiger partial charge is 0.411 e. The van der Waals surface area contributed by atoms with Gasteiger partial charge in [-0.15, -0.1) is 0 Å². The summed E-state index contributed by atoms with van der Waals surface area (Å²) >= 11 is 0. The van der Waals surface area contributed by atoms with E-state index in [0.29, 0.717) is 17.1 Å². The molecule has 9 heteroatoms. The number of anilines is 3. The molecule has 0 aliphatic rings. The van der Waals surface area contributed by atoms with E-state index in [1.807, 2.05) is 0 Å². The van der Waals surface area contributed by atoms with Gasteiger partial charge in [-0.05, 0) is 48.5 Å². The lowest BCUT2D eigenvalue weighted by molar-refractivity contribution is -0.114. The van der Waals surface area contributed by atoms with Crippen molar-refractivity contribution in [3.8, 4) is 0 Å². The fourth-order valence-electron chi connectivity index (χ4n) is 1.93. The Morgan fingerprint density at radius 2 is 1.32 bits per heavy atom. The molecule has 0 aromatic heterocycles. The van der Waals surface area contributed by atoms with Crippen molar-refractivity contribution in [2.24, 2.45) is 0 Å². The second-order valence-electron chi connectivity index (χ2n) is 5.00. The highest BCUT2D eigenvalue weighted by Crippen LogP contribution is 2.20. The summed E-state index contributed by atoms with van der Waals surface area (Å²) in [6, 6.07) is 11.9. The molecule has 0 fully saturated rings. The molecule has 2 aromatic carbocycles. The number of ether oxygens (including phenoxy) is 1. The highest BCUT2D eigenvalue weighted by atomic mass is 32.2. The molecule has 0 unspecified atom stereocenters. The van der Waals surface area contributed by atoms with Crippen LogP contribution in [0.25, 0.3) is 0 Å². The standard InChI is InChI=1S/C16H17N3O5S/c1-11(20)17-12-3-5-14(6-4-12)19-25(22,23)15-9-7-13(8-10-15)18-16(21)24-2/h3-10,19H,1-2H3,(H,17,20)(H,18,21). The lowest BCUT2D eigenvalue weighted by Gasteiger charge is -2.10. The van der Waals surface area contributed by atoms with E-state index in [-0.39, 0.29) is 10.8 Å². The number of benzene rings is 2. The predicted octanol–water partition coefficient (Wildman–Crippen LogP) is 2.62. The largest absolute Gasteiger partial charge is 0.453 e. The summed E-state index contributed by atoms with van der Waals surface area (Å²) in [6.07, 6.45) is -0.645. The molecule has 0 heterocycles. The van der Waals surface area contributed by atoms with Crippen molar-refractivity contribution >= 4 is 39.1 Å². The zero-order valence-corrected chi connectivity index (χ0v) is 14.4. The second-order valence-corrected chi connectivity index (χ2v) is 6.69. The number of nitrogens with one attached hydrogen (secondary N) is 3. The first kappa shape index (κ1) is 18.3. The average molecular weight is 363 g/mol. The van der Waals surface area contributed by atoms with Gasteiger partial charge in [-0.25, -0.2) is 13.2 Å². The molecule has 0 bridgehead atoms. The van der Waals surface area contributed by atoms with Crippen LogP contribution in [0.2, 0.25) is 0 Å². The molecule has 2 aromatic rings. The molecule has 0 aliphatic carbocycles. The molecule has 25 heavy (non-hydrogen) atoms. The molecule has 0 spiro atoms. The van der Waals surface area contributed by atoms with E-state index >= 15 is 0 Å². The quantitative estimate of drug-likeness (QED) is 0.756. The van der Waals surface area contributed by atoms with Crippen LogP contribution in [0.1, 0.15) is 6.92 Å². The molecule has 0 atom stereocenters. The lowest BCUT2D eigenvalue weighted by Crippen LogP contribution is -2.14. The third-order valence-electron chi connectivity index (χ3n) is 3.05. The maximum Gasteiger partial charge on any atom is 0.411 e. The van der Waals surface area contributed by atoms with Gasteiger partial charge in [0.1, 0.15) is 0 Å². The van der Waals surface area contributed by atoms with Gasteiger partial charge in [0, 0.05) is 24.0 Å². The number of hydrogen-bond donors (Lipinski definition) is 3. The third-order valence-corrected chi connectivity index (χ3v) is 4.45. The van der Waals surface area contributed by atoms with Crippen LogP contribution in [0.5, 0.6) is 0 Å². The number of methoxy groups -OCH3 is 1. The molecule has 0 radical (unpaired) electrons. The molecule has 0 saturated heterocycles. The predicted molar refractivity (Wildman–Crippen MR) is 94.0 cm³/mol. The van der Waals surface area contributed by atoms with Crippen molar-refractivity contribution < 1.29 is 22.7 Å². The summed E-state index contributed by atoms with van der Waals surface area (Å²) in [5.41, 5.74) is 1.32. The van der Waals surface area contributed by atoms with Crippen LogP contribution in [-0.4, -0.2) is 27.5 Å². The van der Waals surface area contributed by atoms with Crippen molar-refractivity contribution in [3.05, 3.63) is 48.5 Å². The van der Waals surface area contributed by atoms with Crippen molar-refractivity contribution in [2.45, 2.75) is 11.8 Å². The van der Waals surface area contributed by atoms with Crippen molar-refractivity contribution in [2.75, 3.05) is 22.5 Å². The summed E-state index contributed by atoms with van der Waals surface area (Å²) in [5.74, 6) is -0.214. The van der Waals surface area contributed by atoms with Gasteiger partial charge in [0.25, 0.3) is 10.0 Å². The molecule has 2 amide bonds. The number of sulfonamides is 1. The average Bonchev–Trinajstić information content (AvgIpc) is 2.56. The first-order valence-corrected chi connectivity index (χ1v) is 8.64. The minimum absolute atomic E-state index is 0.0360. The monoisotopic (exact) mass is 363 g/mol. The molecule has 132 valence electrons. The normalized spacial score (nSPS) is 10.6. The van der Waals surface area contributed by atoms with E-state index in [4.69, 9.17) is 0 Å². The summed E-state index contributed by atoms with van der Waals surface area (Å²) in [5, 5.41) is 5.02. The molecule has 3 N–H and O–H groups in total. The SMILES string of the molecule is COC(=O)Nc1ccc(S(=O)(=O)Nc2ccc(NC(C)=O)cc2)cc1. The summed E-state index contributed by atoms with van der Waals surface area (Å²) in [6.45, 7) is 1.38. The van der Waals surface area contributed by atoms with Crippen LogP contribution < -0.4 is 15.4 Å². The zero-order valence-electron chi connectivity index (χ0n) is 13.6. The van der Waals surface area contributed by atoms with Gasteiger partial charge in [-0.1, -0.05) is 0 Å². The Morgan fingerprint density at radius 3 is 1.84 bits per heavy atom. The second kappa shape index (κ2) is 7.67. The Bertz CT molecular complexity index is 862. The van der Waals surface area contributed by atoms with Crippen LogP contribution >= 0.6 is 0 Å². The summed E-state index contributed by atoms with van der Waals surface area (Å²) in [4.78, 5) is 22.1. The van der Waals surface area contributed by atoms with Gasteiger partial charge in [0.05, 0.1) is 12.0 Å². The van der Waals surface area contributed by atoms with Crippen LogP contribution in [-0.2, 0) is 19.6 Å². The van der Waals surface area contributed by atoms with Crippen LogP contribution in [0.3, 0.4) is 0 Å². The Balaban J connectivity index is 2.10. The first-order chi connectivity index (χ1) is 11.8. The minimum atomic E-state index is -3.78. The number of carbonyl (C=O) groups is 2. The Hall–Kier alpha value is -3.07. The zero-order chi connectivity index (χ0) is 18.4. The number of hydrogen-bond acceptors (Lipinski definition) is 5. The van der Waals surface area contributed by atoms with Crippen LogP contribution in [0, 0.1) is 0 Å². The van der Waals surface area contributed by atoms with Gasteiger partial charge < -0.3 is 10.1 Å². The molecule has 8 nitrogen and oxygen atoms in total. The molecule has 0 aliphatic heterocycles. The van der Waals surface area contributed by atoms with Crippen molar-refractivity contribution in [3.63, 3.8) is 0 Å². The van der Waals surface area contributed by atoms with E-state index in [9.17, 15) is 18.0 Å². The van der Waals surface area contributed by atoms with Crippen LogP contribution in [0.4, 0.5) is 21.9 Å². The molecular formula is C16H17N3O5S. The van der Waals surface area contributed by atoms with Gasteiger partial charge >= 0.3 is 6.09 Å². The van der Waals surface area contributed by atoms with E-state index in [1.54, 1.807) is 12.1 Å². The Labute approximate surface area is 145 Å². The van der Waals surface area contributed by atoms with E-state index in [2.05, 4.69) is 20.1 Å².